The van der Waals surface area contributed by atoms with Crippen LogP contribution in [0.3, 0.4) is 0 Å². The minimum absolute atomic E-state index is 0.00335. The molecule has 0 aliphatic rings. The lowest BCUT2D eigenvalue weighted by atomic mass is 10.3. The van der Waals surface area contributed by atoms with Crippen LogP contribution in [0, 0.1) is 0 Å². The molecular formula is C13H11F3N2O2S2. The first-order chi connectivity index (χ1) is 10.4. The maximum atomic E-state index is 12.9. The van der Waals surface area contributed by atoms with Gasteiger partial charge < -0.3 is 5.11 Å². The van der Waals surface area contributed by atoms with Crippen molar-refractivity contribution in [3.05, 3.63) is 29.3 Å². The number of rotatable bonds is 6. The van der Waals surface area contributed by atoms with E-state index in [4.69, 9.17) is 5.11 Å². The Kier molecular flexibility index (Phi) is 5.41. The first kappa shape index (κ1) is 16.8. The second kappa shape index (κ2) is 7.10. The summed E-state index contributed by atoms with van der Waals surface area (Å²) in [5, 5.41) is 10.3. The number of thiophene rings is 1. The second-order valence-electron chi connectivity index (χ2n) is 4.24. The number of thioether (sulfide) groups is 1. The molecule has 0 bridgehead atoms. The van der Waals surface area contributed by atoms with E-state index in [0.717, 1.165) is 17.8 Å². The number of carbonyl (C=O) groups is 1. The van der Waals surface area contributed by atoms with Crippen molar-refractivity contribution < 1.29 is 23.1 Å². The van der Waals surface area contributed by atoms with Crippen LogP contribution in [0.4, 0.5) is 13.2 Å². The highest BCUT2D eigenvalue weighted by Crippen LogP contribution is 2.33. The highest BCUT2D eigenvalue weighted by Gasteiger charge is 2.33. The third-order valence-corrected chi connectivity index (χ3v) is 4.36. The van der Waals surface area contributed by atoms with Gasteiger partial charge in [0.2, 0.25) is 0 Å². The summed E-state index contributed by atoms with van der Waals surface area (Å²) in [5.74, 6) is -0.595. The first-order valence-corrected chi connectivity index (χ1v) is 8.07. The molecule has 2 heterocycles. The molecule has 0 unspecified atom stereocenters. The van der Waals surface area contributed by atoms with Gasteiger partial charge in [-0.3, -0.25) is 4.79 Å². The molecule has 0 radical (unpaired) electrons. The van der Waals surface area contributed by atoms with Crippen molar-refractivity contribution in [1.29, 1.82) is 0 Å². The molecule has 1 N–H and O–H groups in total. The van der Waals surface area contributed by atoms with Gasteiger partial charge in [-0.2, -0.15) is 13.2 Å². The molecule has 0 aliphatic heterocycles. The summed E-state index contributed by atoms with van der Waals surface area (Å²) in [4.78, 5) is 18.7. The number of aromatic nitrogens is 2. The van der Waals surface area contributed by atoms with E-state index in [1.54, 1.807) is 17.5 Å². The third-order valence-electron chi connectivity index (χ3n) is 2.54. The number of aliphatic carboxylic acids is 1. The Labute approximate surface area is 132 Å². The summed E-state index contributed by atoms with van der Waals surface area (Å²) in [7, 11) is 0. The molecule has 22 heavy (non-hydrogen) atoms. The summed E-state index contributed by atoms with van der Waals surface area (Å²) in [6.45, 7) is 0. The fraction of sp³-hybridized carbons (Fsp3) is 0.308. The molecule has 118 valence electrons. The van der Waals surface area contributed by atoms with Gasteiger partial charge in [-0.1, -0.05) is 17.8 Å². The molecule has 2 aromatic rings. The van der Waals surface area contributed by atoms with Crippen molar-refractivity contribution in [1.82, 2.24) is 9.97 Å². The second-order valence-corrected chi connectivity index (χ2v) is 6.25. The van der Waals surface area contributed by atoms with Crippen LogP contribution >= 0.6 is 23.1 Å². The average molecular weight is 348 g/mol. The predicted molar refractivity (Wildman–Crippen MR) is 77.9 cm³/mol. The Balaban J connectivity index is 2.21. The molecule has 0 aromatic carbocycles. The van der Waals surface area contributed by atoms with E-state index in [0.29, 0.717) is 17.1 Å². The average Bonchev–Trinajstić information content (AvgIpc) is 2.96. The predicted octanol–water partition coefficient (Wildman–Crippen LogP) is 4.18. The lowest BCUT2D eigenvalue weighted by Crippen LogP contribution is -2.10. The van der Waals surface area contributed by atoms with Crippen LogP contribution in [0.5, 0.6) is 0 Å². The standard InChI is InChI=1S/C13H11F3N2O2S2/c14-13(15,16)10-7-8(9-3-1-5-21-9)17-12(18-10)22-6-2-4-11(19)20/h1,3,5,7H,2,4,6H2,(H,19,20). The Morgan fingerprint density at radius 1 is 1.36 bits per heavy atom. The minimum atomic E-state index is -4.55. The molecular weight excluding hydrogens is 337 g/mol. The third kappa shape index (κ3) is 4.70. The van der Waals surface area contributed by atoms with Crippen LogP contribution < -0.4 is 0 Å². The summed E-state index contributed by atoms with van der Waals surface area (Å²) < 4.78 is 38.7. The molecule has 9 heteroatoms. The fourth-order valence-electron chi connectivity index (χ4n) is 1.57. The van der Waals surface area contributed by atoms with Gasteiger partial charge in [0, 0.05) is 12.2 Å². The van der Waals surface area contributed by atoms with Gasteiger partial charge in [-0.25, -0.2) is 9.97 Å². The van der Waals surface area contributed by atoms with Crippen molar-refractivity contribution in [2.75, 3.05) is 5.75 Å². The van der Waals surface area contributed by atoms with E-state index in [2.05, 4.69) is 9.97 Å². The number of hydrogen-bond acceptors (Lipinski definition) is 5. The summed E-state index contributed by atoms with van der Waals surface area (Å²) in [6, 6.07) is 4.34. The monoisotopic (exact) mass is 348 g/mol. The number of nitrogens with zero attached hydrogens (tertiary/aromatic N) is 2. The van der Waals surface area contributed by atoms with E-state index in [1.807, 2.05) is 0 Å². The van der Waals surface area contributed by atoms with E-state index in [9.17, 15) is 18.0 Å². The molecule has 4 nitrogen and oxygen atoms in total. The van der Waals surface area contributed by atoms with Crippen LogP contribution in [0.2, 0.25) is 0 Å². The quantitative estimate of drug-likeness (QED) is 0.482. The van der Waals surface area contributed by atoms with Gasteiger partial charge in [0.1, 0.15) is 5.69 Å². The molecule has 2 aromatic heterocycles. The van der Waals surface area contributed by atoms with E-state index < -0.39 is 17.8 Å². The lowest BCUT2D eigenvalue weighted by molar-refractivity contribution is -0.141. The minimum Gasteiger partial charge on any atom is -0.481 e. The number of carboxylic acids is 1. The van der Waals surface area contributed by atoms with Crippen LogP contribution in [-0.4, -0.2) is 26.8 Å². The lowest BCUT2D eigenvalue weighted by Gasteiger charge is -2.09. The van der Waals surface area contributed by atoms with Crippen molar-refractivity contribution in [2.24, 2.45) is 0 Å². The number of halogens is 3. The van der Waals surface area contributed by atoms with Crippen LogP contribution in [-0.2, 0) is 11.0 Å². The Hall–Kier alpha value is -1.61. The van der Waals surface area contributed by atoms with E-state index in [-0.39, 0.29) is 17.3 Å². The largest absolute Gasteiger partial charge is 0.481 e. The number of alkyl halides is 3. The molecule has 0 aliphatic carbocycles. The van der Waals surface area contributed by atoms with Crippen molar-refractivity contribution in [3.63, 3.8) is 0 Å². The van der Waals surface area contributed by atoms with E-state index in [1.165, 1.54) is 11.3 Å². The number of carboxylic acid groups (broad SMARTS) is 1. The Bertz CT molecular complexity index is 645. The Morgan fingerprint density at radius 3 is 2.73 bits per heavy atom. The van der Waals surface area contributed by atoms with Gasteiger partial charge >= 0.3 is 12.1 Å². The fourth-order valence-corrected chi connectivity index (χ4v) is 3.06. The maximum Gasteiger partial charge on any atom is 0.433 e. The van der Waals surface area contributed by atoms with Gasteiger partial charge in [0.25, 0.3) is 0 Å². The summed E-state index contributed by atoms with van der Waals surface area (Å²) >= 11 is 2.31. The SMILES string of the molecule is O=C(O)CCCSc1nc(-c2cccs2)cc(C(F)(F)F)n1. The maximum absolute atomic E-state index is 12.9. The highest BCUT2D eigenvalue weighted by atomic mass is 32.2. The zero-order valence-corrected chi connectivity index (χ0v) is 12.8. The summed E-state index contributed by atoms with van der Waals surface area (Å²) in [6.07, 6.45) is -4.25. The zero-order valence-electron chi connectivity index (χ0n) is 11.1. The molecule has 0 saturated carbocycles. The zero-order chi connectivity index (χ0) is 16.2. The van der Waals surface area contributed by atoms with Gasteiger partial charge in [0.05, 0.1) is 10.6 Å². The molecule has 0 fully saturated rings. The number of hydrogen-bond donors (Lipinski definition) is 1. The topological polar surface area (TPSA) is 63.1 Å². The molecule has 0 amide bonds. The molecule has 0 atom stereocenters. The molecule has 0 spiro atoms. The van der Waals surface area contributed by atoms with Gasteiger partial charge in [0.15, 0.2) is 5.16 Å². The van der Waals surface area contributed by atoms with Gasteiger partial charge in [-0.05, 0) is 23.9 Å². The highest BCUT2D eigenvalue weighted by molar-refractivity contribution is 7.99. The molecule has 2 rings (SSSR count). The van der Waals surface area contributed by atoms with Crippen molar-refractivity contribution in [3.8, 4) is 10.6 Å². The smallest absolute Gasteiger partial charge is 0.433 e. The molecule has 0 saturated heterocycles. The summed E-state index contributed by atoms with van der Waals surface area (Å²) in [5.41, 5.74) is -0.773. The van der Waals surface area contributed by atoms with Crippen LogP contribution in [0.25, 0.3) is 10.6 Å². The van der Waals surface area contributed by atoms with E-state index >= 15 is 0 Å². The van der Waals surface area contributed by atoms with Crippen LogP contribution in [0.15, 0.2) is 28.7 Å². The Morgan fingerprint density at radius 2 is 2.14 bits per heavy atom. The van der Waals surface area contributed by atoms with Crippen LogP contribution in [0.1, 0.15) is 18.5 Å². The van der Waals surface area contributed by atoms with Gasteiger partial charge in [-0.15, -0.1) is 11.3 Å². The van der Waals surface area contributed by atoms with Crippen molar-refractivity contribution in [2.45, 2.75) is 24.2 Å². The normalized spacial score (nSPS) is 11.6. The first-order valence-electron chi connectivity index (χ1n) is 6.21. The van der Waals surface area contributed by atoms with Crippen molar-refractivity contribution >= 4 is 29.1 Å².